The maximum atomic E-state index is 13.2. The zero-order chi connectivity index (χ0) is 20.9. The Hall–Kier alpha value is -3.66. The molecule has 1 aliphatic heterocycles. The van der Waals surface area contributed by atoms with E-state index in [0.29, 0.717) is 17.0 Å². The molecule has 0 spiro atoms. The van der Waals surface area contributed by atoms with Crippen LogP contribution in [0.2, 0.25) is 5.15 Å². The van der Waals surface area contributed by atoms with Gasteiger partial charge in [0.2, 0.25) is 5.95 Å². The third-order valence-corrected chi connectivity index (χ3v) is 4.87. The number of carboxylic acid groups (broad SMARTS) is 1. The fourth-order valence-corrected chi connectivity index (χ4v) is 3.42. The molecule has 29 heavy (non-hydrogen) atoms. The van der Waals surface area contributed by atoms with Crippen LogP contribution in [0.1, 0.15) is 33.0 Å². The number of rotatable bonds is 4. The second kappa shape index (κ2) is 6.74. The normalized spacial score (nSPS) is 14.7. The highest BCUT2D eigenvalue weighted by Crippen LogP contribution is 2.41. The number of H-pyrrole nitrogens is 1. The van der Waals surface area contributed by atoms with Crippen LogP contribution in [-0.2, 0) is 18.4 Å². The standard InChI is InChI=1S/C18H16ClN7O3/c1-8-3-11(24-25(8)2)7-26-15-13(14(19)22-18(20)23-15)12(16(26)27)5-10-4-9(6-21-10)17(28)29/h3-6,21H,7H2,1-2H3,(H,28,29)(H2,20,22,23). The number of aromatic amines is 1. The molecule has 4 rings (SSSR count). The number of nitrogen functional groups attached to an aromatic ring is 1. The van der Waals surface area contributed by atoms with Crippen LogP contribution in [0.3, 0.4) is 0 Å². The maximum absolute atomic E-state index is 13.2. The Balaban J connectivity index is 1.80. The van der Waals surface area contributed by atoms with Crippen molar-refractivity contribution in [2.75, 3.05) is 10.6 Å². The predicted molar refractivity (Wildman–Crippen MR) is 106 cm³/mol. The van der Waals surface area contributed by atoms with Crippen LogP contribution in [0.4, 0.5) is 11.8 Å². The number of hydrogen-bond donors (Lipinski definition) is 3. The average molecular weight is 414 g/mol. The Morgan fingerprint density at radius 1 is 1.38 bits per heavy atom. The van der Waals surface area contributed by atoms with Gasteiger partial charge in [0.15, 0.2) is 5.82 Å². The van der Waals surface area contributed by atoms with E-state index in [2.05, 4.69) is 20.1 Å². The third-order valence-electron chi connectivity index (χ3n) is 4.60. The summed E-state index contributed by atoms with van der Waals surface area (Å²) in [5.74, 6) is -1.22. The van der Waals surface area contributed by atoms with E-state index in [1.54, 1.807) is 4.68 Å². The summed E-state index contributed by atoms with van der Waals surface area (Å²) in [4.78, 5) is 36.7. The fourth-order valence-electron chi connectivity index (χ4n) is 3.14. The van der Waals surface area contributed by atoms with Crippen molar-refractivity contribution < 1.29 is 14.7 Å². The van der Waals surface area contributed by atoms with Crippen molar-refractivity contribution in [3.63, 3.8) is 0 Å². The van der Waals surface area contributed by atoms with E-state index in [-0.39, 0.29) is 40.5 Å². The van der Waals surface area contributed by atoms with E-state index in [0.717, 1.165) is 5.69 Å². The minimum atomic E-state index is -1.08. The van der Waals surface area contributed by atoms with Gasteiger partial charge in [-0.2, -0.15) is 10.1 Å². The minimum Gasteiger partial charge on any atom is -0.478 e. The third kappa shape index (κ3) is 3.23. The van der Waals surface area contributed by atoms with E-state index in [1.165, 1.54) is 23.2 Å². The Morgan fingerprint density at radius 3 is 2.76 bits per heavy atom. The van der Waals surface area contributed by atoms with Gasteiger partial charge in [-0.1, -0.05) is 11.6 Å². The molecule has 4 heterocycles. The summed E-state index contributed by atoms with van der Waals surface area (Å²) in [7, 11) is 1.81. The van der Waals surface area contributed by atoms with Gasteiger partial charge in [0, 0.05) is 24.6 Å². The number of aromatic carboxylic acids is 1. The Labute approximate surface area is 169 Å². The van der Waals surface area contributed by atoms with Crippen molar-refractivity contribution in [1.82, 2.24) is 24.7 Å². The summed E-state index contributed by atoms with van der Waals surface area (Å²) < 4.78 is 1.71. The first-order valence-corrected chi connectivity index (χ1v) is 8.90. The number of aryl methyl sites for hydroxylation is 2. The van der Waals surface area contributed by atoms with E-state index in [4.69, 9.17) is 22.4 Å². The Kier molecular flexibility index (Phi) is 4.35. The molecular formula is C18H16ClN7O3. The van der Waals surface area contributed by atoms with Crippen molar-refractivity contribution in [3.8, 4) is 0 Å². The number of carboxylic acids is 1. The van der Waals surface area contributed by atoms with Crippen LogP contribution < -0.4 is 10.6 Å². The van der Waals surface area contributed by atoms with E-state index < -0.39 is 5.97 Å². The number of amides is 1. The predicted octanol–water partition coefficient (Wildman–Crippen LogP) is 1.87. The lowest BCUT2D eigenvalue weighted by molar-refractivity contribution is -0.113. The molecule has 0 aliphatic carbocycles. The first-order chi connectivity index (χ1) is 13.7. The average Bonchev–Trinajstić information content (AvgIpc) is 3.30. The molecule has 0 fully saturated rings. The van der Waals surface area contributed by atoms with Crippen LogP contribution >= 0.6 is 11.6 Å². The Bertz CT molecular complexity index is 1170. The van der Waals surface area contributed by atoms with Crippen molar-refractivity contribution in [3.05, 3.63) is 51.7 Å². The van der Waals surface area contributed by atoms with Gasteiger partial charge in [-0.15, -0.1) is 0 Å². The lowest BCUT2D eigenvalue weighted by Crippen LogP contribution is -2.26. The number of fused-ring (bicyclic) bond motifs is 1. The van der Waals surface area contributed by atoms with Gasteiger partial charge in [0.25, 0.3) is 5.91 Å². The van der Waals surface area contributed by atoms with Gasteiger partial charge in [0.05, 0.1) is 28.9 Å². The molecule has 148 valence electrons. The maximum Gasteiger partial charge on any atom is 0.337 e. The van der Waals surface area contributed by atoms with Gasteiger partial charge in [-0.3, -0.25) is 14.4 Å². The number of halogens is 1. The zero-order valence-corrected chi connectivity index (χ0v) is 16.2. The monoisotopic (exact) mass is 413 g/mol. The molecule has 11 heteroatoms. The number of carbonyl (C=O) groups is 2. The molecule has 1 amide bonds. The summed E-state index contributed by atoms with van der Waals surface area (Å²) in [5.41, 5.74) is 8.43. The highest BCUT2D eigenvalue weighted by molar-refractivity contribution is 6.41. The van der Waals surface area contributed by atoms with E-state index in [9.17, 15) is 9.59 Å². The van der Waals surface area contributed by atoms with E-state index >= 15 is 0 Å². The number of aromatic nitrogens is 5. The van der Waals surface area contributed by atoms with Gasteiger partial charge in [-0.25, -0.2) is 9.78 Å². The van der Waals surface area contributed by atoms with Gasteiger partial charge >= 0.3 is 5.97 Å². The number of nitrogens with two attached hydrogens (primary N) is 1. The quantitative estimate of drug-likeness (QED) is 0.437. The first kappa shape index (κ1) is 18.7. The molecular weight excluding hydrogens is 398 g/mol. The van der Waals surface area contributed by atoms with Crippen molar-refractivity contribution in [1.29, 1.82) is 0 Å². The summed E-state index contributed by atoms with van der Waals surface area (Å²) in [6.07, 6.45) is 2.85. The first-order valence-electron chi connectivity index (χ1n) is 8.52. The Morgan fingerprint density at radius 2 is 2.14 bits per heavy atom. The number of anilines is 2. The molecule has 3 aromatic rings. The molecule has 0 saturated heterocycles. The van der Waals surface area contributed by atoms with Crippen molar-refractivity contribution in [2.45, 2.75) is 13.5 Å². The van der Waals surface area contributed by atoms with Gasteiger partial charge in [-0.05, 0) is 25.1 Å². The molecule has 0 unspecified atom stereocenters. The van der Waals surface area contributed by atoms with Crippen LogP contribution in [0.15, 0.2) is 18.3 Å². The smallest absolute Gasteiger partial charge is 0.337 e. The van der Waals surface area contributed by atoms with Crippen molar-refractivity contribution in [2.24, 2.45) is 7.05 Å². The highest BCUT2D eigenvalue weighted by Gasteiger charge is 2.37. The summed E-state index contributed by atoms with van der Waals surface area (Å²) in [6.45, 7) is 2.08. The molecule has 0 bridgehead atoms. The van der Waals surface area contributed by atoms with Gasteiger partial charge in [0.1, 0.15) is 5.15 Å². The highest BCUT2D eigenvalue weighted by atomic mass is 35.5. The number of hydrogen-bond acceptors (Lipinski definition) is 6. The SMILES string of the molecule is Cc1cc(CN2C(=O)C(=Cc3cc(C(=O)O)c[nH]3)c3c(Cl)nc(N)nc32)nn1C. The second-order valence-corrected chi connectivity index (χ2v) is 6.93. The molecule has 10 nitrogen and oxygen atoms in total. The van der Waals surface area contributed by atoms with Crippen molar-refractivity contribution >= 4 is 46.9 Å². The molecule has 1 aliphatic rings. The molecule has 0 aromatic carbocycles. The lowest BCUT2D eigenvalue weighted by atomic mass is 10.1. The summed E-state index contributed by atoms with van der Waals surface area (Å²) in [6, 6.07) is 3.28. The number of nitrogens with zero attached hydrogens (tertiary/aromatic N) is 5. The summed E-state index contributed by atoms with van der Waals surface area (Å²) in [5, 5.41) is 13.5. The molecule has 0 atom stereocenters. The number of carbonyl (C=O) groups excluding carboxylic acids is 1. The largest absolute Gasteiger partial charge is 0.478 e. The van der Waals surface area contributed by atoms with Gasteiger partial charge < -0.3 is 15.8 Å². The molecule has 0 radical (unpaired) electrons. The zero-order valence-electron chi connectivity index (χ0n) is 15.5. The molecule has 0 saturated carbocycles. The minimum absolute atomic E-state index is 0.0387. The van der Waals surface area contributed by atoms with E-state index in [1.807, 2.05) is 20.0 Å². The number of nitrogens with one attached hydrogen (secondary N) is 1. The molecule has 4 N–H and O–H groups in total. The molecule has 3 aromatic heterocycles. The second-order valence-electron chi connectivity index (χ2n) is 6.57. The summed E-state index contributed by atoms with van der Waals surface area (Å²) >= 11 is 6.28. The van der Waals surface area contributed by atoms with Crippen LogP contribution in [-0.4, -0.2) is 41.7 Å². The van der Waals surface area contributed by atoms with Crippen LogP contribution in [0.5, 0.6) is 0 Å². The van der Waals surface area contributed by atoms with Crippen LogP contribution in [0.25, 0.3) is 11.6 Å². The topological polar surface area (TPSA) is 143 Å². The lowest BCUT2D eigenvalue weighted by Gasteiger charge is -2.14. The fraction of sp³-hybridized carbons (Fsp3) is 0.167. The van der Waals surface area contributed by atoms with Crippen LogP contribution in [0, 0.1) is 6.92 Å².